The largest absolute Gasteiger partial charge is 1.00 e. The summed E-state index contributed by atoms with van der Waals surface area (Å²) in [5, 5.41) is 29.7. The zero-order chi connectivity index (χ0) is 33.2. The number of anilines is 4. The average molecular weight is 686 g/mol. The monoisotopic (exact) mass is 685 g/mol. The van der Waals surface area contributed by atoms with E-state index in [1.165, 1.54) is 60.7 Å². The van der Waals surface area contributed by atoms with Gasteiger partial charge in [-0.25, -0.2) is 8.42 Å². The maximum absolute atomic E-state index is 13.3. The molecule has 14 nitrogen and oxygen atoms in total. The maximum Gasteiger partial charge on any atom is 1.00 e. The van der Waals surface area contributed by atoms with Crippen LogP contribution in [0.15, 0.2) is 94.9 Å². The minimum Gasteiger partial charge on any atom is -0.744 e. The number of hydrogen-bond acceptors (Lipinski definition) is 12. The van der Waals surface area contributed by atoms with Crippen LogP contribution >= 0.6 is 0 Å². The number of carboxylic acids is 1. The number of aromatic carboxylic acids is 1. The third-order valence-electron chi connectivity index (χ3n) is 6.65. The molecule has 1 aliphatic carbocycles. The number of hydrogen-bond donors (Lipinski definition) is 5. The molecule has 0 atom stereocenters. The molecule has 4 aromatic rings. The first-order chi connectivity index (χ1) is 21.8. The first-order valence-corrected chi connectivity index (χ1v) is 14.5. The predicted octanol–water partition coefficient (Wildman–Crippen LogP) is -3.60. The van der Waals surface area contributed by atoms with Crippen molar-refractivity contribution in [3.05, 3.63) is 118 Å². The van der Waals surface area contributed by atoms with E-state index in [9.17, 15) is 42.4 Å². The van der Waals surface area contributed by atoms with Crippen molar-refractivity contribution in [1.29, 1.82) is 0 Å². The van der Waals surface area contributed by atoms with Crippen molar-refractivity contribution in [3.63, 3.8) is 0 Å². The summed E-state index contributed by atoms with van der Waals surface area (Å²) < 4.78 is 36.4. The van der Waals surface area contributed by atoms with Crippen molar-refractivity contribution in [1.82, 2.24) is 0 Å². The van der Waals surface area contributed by atoms with Gasteiger partial charge in [0.05, 0.1) is 16.6 Å². The molecule has 0 heterocycles. The van der Waals surface area contributed by atoms with Gasteiger partial charge in [-0.15, -0.1) is 0 Å². The van der Waals surface area contributed by atoms with Gasteiger partial charge in [-0.2, -0.15) is 5.10 Å². The minimum absolute atomic E-state index is 0. The first-order valence-electron chi connectivity index (χ1n) is 13.1. The second kappa shape index (κ2) is 15.7. The Labute approximate surface area is 317 Å². The number of carbonyl (C=O) groups is 4. The van der Waals surface area contributed by atoms with Crippen molar-refractivity contribution in [3.8, 4) is 5.75 Å². The van der Waals surface area contributed by atoms with E-state index in [4.69, 9.17) is 5.73 Å². The Kier molecular flexibility index (Phi) is 12.5. The molecule has 48 heavy (non-hydrogen) atoms. The zero-order valence-corrected chi connectivity index (χ0v) is 30.1. The third-order valence-corrected chi connectivity index (χ3v) is 7.50. The Morgan fingerprint density at radius 1 is 0.771 bits per heavy atom. The normalized spacial score (nSPS) is 12.8. The van der Waals surface area contributed by atoms with Crippen LogP contribution in [0.3, 0.4) is 0 Å². The minimum atomic E-state index is -5.19. The molecule has 6 N–H and O–H groups in total. The number of benzene rings is 4. The van der Waals surface area contributed by atoms with Crippen LogP contribution < -0.4 is 86.0 Å². The zero-order valence-electron chi connectivity index (χ0n) is 25.3. The summed E-state index contributed by atoms with van der Waals surface area (Å²) in [5.74, 6) is -4.13. The van der Waals surface area contributed by atoms with Gasteiger partial charge in [-0.1, -0.05) is 0 Å². The van der Waals surface area contributed by atoms with E-state index >= 15 is 0 Å². The molecule has 0 aromatic heterocycles. The molecule has 0 radical (unpaired) electrons. The number of ketones is 1. The summed E-state index contributed by atoms with van der Waals surface area (Å²) in [4.78, 5) is 48.7. The number of fused-ring (bicyclic) bond motifs is 1. The topological polar surface area (TPSA) is 243 Å². The number of hydrazone groups is 1. The van der Waals surface area contributed by atoms with E-state index in [1.54, 1.807) is 12.1 Å². The van der Waals surface area contributed by atoms with Crippen LogP contribution in [-0.4, -0.2) is 47.4 Å². The summed E-state index contributed by atoms with van der Waals surface area (Å²) in [7, 11) is -5.19. The number of allylic oxidation sites excluding steroid dienone is 1. The number of nitrogens with two attached hydrogens (primary N) is 1. The Bertz CT molecular complexity index is 2100. The van der Waals surface area contributed by atoms with E-state index in [1.807, 2.05) is 0 Å². The number of carbonyl (C=O) groups excluding carboxylic acids is 4. The van der Waals surface area contributed by atoms with Gasteiger partial charge in [-0.3, -0.25) is 19.8 Å². The predicted molar refractivity (Wildman–Crippen MR) is 165 cm³/mol. The number of aromatic hydroxyl groups is 1. The second-order valence-corrected chi connectivity index (χ2v) is 11.1. The number of nitrogens with one attached hydrogen (secondary N) is 3. The van der Waals surface area contributed by atoms with Gasteiger partial charge < -0.3 is 35.9 Å². The number of amides is 2. The molecule has 0 saturated heterocycles. The number of Topliss-reactive ketones (excluding diaryl/α,β-unsaturated/α-hetero) is 1. The number of phenols is 1. The molecule has 0 aliphatic heterocycles. The van der Waals surface area contributed by atoms with Gasteiger partial charge in [0.15, 0.2) is 0 Å². The van der Waals surface area contributed by atoms with Crippen LogP contribution in [0.5, 0.6) is 5.75 Å². The summed E-state index contributed by atoms with van der Waals surface area (Å²) >= 11 is 0. The van der Waals surface area contributed by atoms with E-state index in [-0.39, 0.29) is 92.9 Å². The fourth-order valence-electron chi connectivity index (χ4n) is 4.35. The van der Waals surface area contributed by atoms with E-state index < -0.39 is 55.6 Å². The maximum atomic E-state index is 13.3. The summed E-state index contributed by atoms with van der Waals surface area (Å²) in [6.07, 6.45) is 0.987. The fourth-order valence-corrected chi connectivity index (χ4v) is 4.99. The average Bonchev–Trinajstić information content (AvgIpc) is 3.01. The SMILES string of the molecule is Nc1ccc(C(=O)Nc2ccc3c(c2)C=C(S(=O)(=O)[O-])/C(=N/Nc2ccc(C(=O)Nc4ccc(O)c(C(=O)[O-])c4)cc2)C3=O)cc1.[Na+].[Na+]. The molecule has 0 spiro atoms. The van der Waals surface area contributed by atoms with Gasteiger partial charge in [0.25, 0.3) is 11.8 Å². The van der Waals surface area contributed by atoms with Crippen LogP contribution in [0.2, 0.25) is 0 Å². The van der Waals surface area contributed by atoms with Gasteiger partial charge in [0.2, 0.25) is 5.78 Å². The molecular formula is C31H21N5Na2O9S. The molecular weight excluding hydrogens is 664 g/mol. The summed E-state index contributed by atoms with van der Waals surface area (Å²) in [6, 6.07) is 19.1. The molecule has 2 amide bonds. The van der Waals surface area contributed by atoms with Crippen molar-refractivity contribution in [2.45, 2.75) is 0 Å². The van der Waals surface area contributed by atoms with Crippen molar-refractivity contribution in [2.24, 2.45) is 5.10 Å². The third kappa shape index (κ3) is 8.77. The standard InChI is InChI=1S/C31H23N5O9S.2Na/c32-19-5-1-16(2-6-19)29(39)33-21-9-11-23-18(13-21)14-26(46(43,44)45)27(28(23)38)36-35-20-7-3-17(4-8-20)30(40)34-22-10-12-25(37)24(15-22)31(41)42;;/h1-15,35,37H,32H2,(H,33,39)(H,34,40)(H,41,42)(H,43,44,45);;/q;2*+1/p-2/b36-27-;;. The quantitative estimate of drug-likeness (QED) is 0.0399. The Balaban J connectivity index is 0.00000312. The van der Waals surface area contributed by atoms with Crippen molar-refractivity contribution >= 4 is 68.2 Å². The van der Waals surface area contributed by atoms with Crippen molar-refractivity contribution in [2.75, 3.05) is 21.8 Å². The van der Waals surface area contributed by atoms with Gasteiger partial charge in [0, 0.05) is 39.3 Å². The Hall–Kier alpha value is -4.32. The van der Waals surface area contributed by atoms with Gasteiger partial charge >= 0.3 is 59.1 Å². The number of rotatable bonds is 8. The molecule has 4 aromatic carbocycles. The Morgan fingerprint density at radius 2 is 1.29 bits per heavy atom. The van der Waals surface area contributed by atoms with E-state index in [0.717, 1.165) is 18.2 Å². The van der Waals surface area contributed by atoms with Crippen molar-refractivity contribution < 1.29 is 101 Å². The fraction of sp³-hybridized carbons (Fsp3) is 0. The van der Waals surface area contributed by atoms with E-state index in [0.29, 0.717) is 11.3 Å². The molecule has 1 aliphatic rings. The Morgan fingerprint density at radius 3 is 1.85 bits per heavy atom. The van der Waals surface area contributed by atoms with Crippen LogP contribution in [0.1, 0.15) is 47.0 Å². The smallest absolute Gasteiger partial charge is 0.744 e. The first kappa shape index (κ1) is 38.1. The molecule has 232 valence electrons. The number of nitrogens with zero attached hydrogens (tertiary/aromatic N) is 1. The molecule has 0 unspecified atom stereocenters. The van der Waals surface area contributed by atoms with Crippen LogP contribution in [0, 0.1) is 0 Å². The summed E-state index contributed by atoms with van der Waals surface area (Å²) in [6.45, 7) is 0. The number of nitrogen functional groups attached to an aromatic ring is 1. The van der Waals surface area contributed by atoms with Crippen LogP contribution in [0.4, 0.5) is 22.7 Å². The molecule has 0 saturated carbocycles. The summed E-state index contributed by atoms with van der Waals surface area (Å²) in [5.41, 5.74) is 8.52. The van der Waals surface area contributed by atoms with Crippen LogP contribution in [-0.2, 0) is 10.1 Å². The van der Waals surface area contributed by atoms with Gasteiger partial charge in [-0.05, 0) is 96.6 Å². The van der Waals surface area contributed by atoms with Crippen LogP contribution in [0.25, 0.3) is 6.08 Å². The molecule has 0 fully saturated rings. The molecule has 5 rings (SSSR count). The second-order valence-electron chi connectivity index (χ2n) is 9.79. The molecule has 0 bridgehead atoms. The molecule has 17 heteroatoms. The number of carboxylic acid groups (broad SMARTS) is 1. The van der Waals surface area contributed by atoms with Gasteiger partial charge in [0.1, 0.15) is 21.6 Å². The van der Waals surface area contributed by atoms with E-state index in [2.05, 4.69) is 21.2 Å².